The summed E-state index contributed by atoms with van der Waals surface area (Å²) in [5.74, 6) is -0.769. The molecule has 0 saturated carbocycles. The summed E-state index contributed by atoms with van der Waals surface area (Å²) in [4.78, 5) is 12.0. The number of hydrogen-bond acceptors (Lipinski definition) is 2. The SMILES string of the molecule is C[C@H](Nc1ccccc1)C(=O)Nc1ccc(Br)cc1F. The van der Waals surface area contributed by atoms with Gasteiger partial charge in [0.15, 0.2) is 0 Å². The summed E-state index contributed by atoms with van der Waals surface area (Å²) < 4.78 is 14.3. The van der Waals surface area contributed by atoms with Gasteiger partial charge in [0.25, 0.3) is 0 Å². The van der Waals surface area contributed by atoms with Crippen LogP contribution in [0.3, 0.4) is 0 Å². The minimum absolute atomic E-state index is 0.167. The smallest absolute Gasteiger partial charge is 0.246 e. The Kier molecular flexibility index (Phi) is 4.74. The molecule has 1 atom stereocenters. The summed E-state index contributed by atoms with van der Waals surface area (Å²) in [6.45, 7) is 1.72. The van der Waals surface area contributed by atoms with E-state index in [0.717, 1.165) is 5.69 Å². The van der Waals surface area contributed by atoms with Gasteiger partial charge in [-0.25, -0.2) is 4.39 Å². The maximum Gasteiger partial charge on any atom is 0.246 e. The second-order valence-electron chi connectivity index (χ2n) is 4.35. The Bertz CT molecular complexity index is 604. The van der Waals surface area contributed by atoms with Crippen LogP contribution >= 0.6 is 15.9 Å². The fourth-order valence-corrected chi connectivity index (χ4v) is 2.01. The molecule has 3 nitrogen and oxygen atoms in total. The highest BCUT2D eigenvalue weighted by Crippen LogP contribution is 2.19. The van der Waals surface area contributed by atoms with Gasteiger partial charge in [0, 0.05) is 10.2 Å². The maximum absolute atomic E-state index is 13.6. The number of carbonyl (C=O) groups excluding carboxylic acids is 1. The normalized spacial score (nSPS) is 11.8. The molecule has 0 aliphatic heterocycles. The number of benzene rings is 2. The number of halogens is 2. The second-order valence-corrected chi connectivity index (χ2v) is 5.26. The topological polar surface area (TPSA) is 41.1 Å². The lowest BCUT2D eigenvalue weighted by atomic mass is 10.2. The highest BCUT2D eigenvalue weighted by molar-refractivity contribution is 9.10. The standard InChI is InChI=1S/C15H14BrFN2O/c1-10(18-12-5-3-2-4-6-12)15(20)19-14-8-7-11(16)9-13(14)17/h2-10,18H,1H3,(H,19,20)/t10-/m0/s1. The van der Waals surface area contributed by atoms with E-state index in [-0.39, 0.29) is 11.6 Å². The molecule has 0 radical (unpaired) electrons. The van der Waals surface area contributed by atoms with Crippen molar-refractivity contribution in [2.24, 2.45) is 0 Å². The number of rotatable bonds is 4. The molecule has 2 N–H and O–H groups in total. The maximum atomic E-state index is 13.6. The van der Waals surface area contributed by atoms with Crippen LogP contribution in [0.25, 0.3) is 0 Å². The molecular weight excluding hydrogens is 323 g/mol. The zero-order chi connectivity index (χ0) is 14.5. The van der Waals surface area contributed by atoms with E-state index < -0.39 is 11.9 Å². The number of carbonyl (C=O) groups is 1. The molecule has 0 aromatic heterocycles. The van der Waals surface area contributed by atoms with E-state index in [1.807, 2.05) is 30.3 Å². The molecule has 1 amide bonds. The molecule has 0 aliphatic rings. The quantitative estimate of drug-likeness (QED) is 0.885. The van der Waals surface area contributed by atoms with Gasteiger partial charge in [0.1, 0.15) is 11.9 Å². The van der Waals surface area contributed by atoms with Crippen LogP contribution < -0.4 is 10.6 Å². The molecule has 0 saturated heterocycles. The lowest BCUT2D eigenvalue weighted by Crippen LogP contribution is -2.32. The van der Waals surface area contributed by atoms with Crippen molar-refractivity contribution in [1.29, 1.82) is 0 Å². The van der Waals surface area contributed by atoms with Crippen LogP contribution in [-0.4, -0.2) is 11.9 Å². The summed E-state index contributed by atoms with van der Waals surface area (Å²) in [6, 6.07) is 13.4. The molecule has 2 rings (SSSR count). The molecule has 2 aromatic carbocycles. The van der Waals surface area contributed by atoms with Gasteiger partial charge in [-0.15, -0.1) is 0 Å². The van der Waals surface area contributed by atoms with Crippen LogP contribution in [0.2, 0.25) is 0 Å². The molecular formula is C15H14BrFN2O. The van der Waals surface area contributed by atoms with Crippen molar-refractivity contribution >= 4 is 33.2 Å². The van der Waals surface area contributed by atoms with Gasteiger partial charge in [-0.1, -0.05) is 34.1 Å². The Morgan fingerprint density at radius 2 is 1.90 bits per heavy atom. The number of anilines is 2. The largest absolute Gasteiger partial charge is 0.374 e. The van der Waals surface area contributed by atoms with Crippen molar-refractivity contribution in [1.82, 2.24) is 0 Å². The lowest BCUT2D eigenvalue weighted by molar-refractivity contribution is -0.116. The van der Waals surface area contributed by atoms with Crippen LogP contribution in [0.1, 0.15) is 6.92 Å². The predicted octanol–water partition coefficient (Wildman–Crippen LogP) is 4.03. The average molecular weight is 337 g/mol. The van der Waals surface area contributed by atoms with Crippen molar-refractivity contribution in [2.45, 2.75) is 13.0 Å². The van der Waals surface area contributed by atoms with Crippen LogP contribution in [0, 0.1) is 5.82 Å². The second kappa shape index (κ2) is 6.52. The van der Waals surface area contributed by atoms with E-state index in [1.165, 1.54) is 12.1 Å². The Morgan fingerprint density at radius 3 is 2.55 bits per heavy atom. The highest BCUT2D eigenvalue weighted by Gasteiger charge is 2.14. The van der Waals surface area contributed by atoms with E-state index >= 15 is 0 Å². The number of amides is 1. The third-order valence-corrected chi connectivity index (χ3v) is 3.23. The summed E-state index contributed by atoms with van der Waals surface area (Å²) >= 11 is 3.17. The van der Waals surface area contributed by atoms with E-state index in [0.29, 0.717) is 4.47 Å². The first-order valence-corrected chi connectivity index (χ1v) is 6.93. The molecule has 5 heteroatoms. The van der Waals surface area contributed by atoms with E-state index in [9.17, 15) is 9.18 Å². The predicted molar refractivity (Wildman–Crippen MR) is 82.3 cm³/mol. The Hall–Kier alpha value is -1.88. The highest BCUT2D eigenvalue weighted by atomic mass is 79.9. The van der Waals surface area contributed by atoms with Gasteiger partial charge in [-0.2, -0.15) is 0 Å². The van der Waals surface area contributed by atoms with Gasteiger partial charge in [-0.05, 0) is 37.3 Å². The van der Waals surface area contributed by atoms with Crippen molar-refractivity contribution in [3.8, 4) is 0 Å². The summed E-state index contributed by atoms with van der Waals surface area (Å²) in [6.07, 6.45) is 0. The summed E-state index contributed by atoms with van der Waals surface area (Å²) in [5, 5.41) is 5.61. The molecule has 0 bridgehead atoms. The molecule has 0 heterocycles. The number of nitrogens with one attached hydrogen (secondary N) is 2. The van der Waals surface area contributed by atoms with Crippen LogP contribution in [0.5, 0.6) is 0 Å². The fourth-order valence-electron chi connectivity index (χ4n) is 1.68. The Balaban J connectivity index is 2.01. The van der Waals surface area contributed by atoms with Gasteiger partial charge < -0.3 is 10.6 Å². The molecule has 2 aromatic rings. The summed E-state index contributed by atoms with van der Waals surface area (Å²) in [7, 11) is 0. The van der Waals surface area contributed by atoms with Crippen LogP contribution in [0.15, 0.2) is 53.0 Å². The number of hydrogen-bond donors (Lipinski definition) is 2. The van der Waals surface area contributed by atoms with Crippen molar-refractivity contribution in [2.75, 3.05) is 10.6 Å². The lowest BCUT2D eigenvalue weighted by Gasteiger charge is -2.15. The zero-order valence-corrected chi connectivity index (χ0v) is 12.4. The monoisotopic (exact) mass is 336 g/mol. The number of para-hydroxylation sites is 1. The van der Waals surface area contributed by atoms with Crippen molar-refractivity contribution in [3.05, 3.63) is 58.8 Å². The molecule has 0 unspecified atom stereocenters. The molecule has 0 fully saturated rings. The third kappa shape index (κ3) is 3.81. The molecule has 0 aliphatic carbocycles. The first kappa shape index (κ1) is 14.5. The summed E-state index contributed by atoms with van der Waals surface area (Å²) in [5.41, 5.74) is 1.01. The Labute approximate surface area is 125 Å². The molecule has 104 valence electrons. The van der Waals surface area contributed by atoms with E-state index in [4.69, 9.17) is 0 Å². The first-order chi connectivity index (χ1) is 9.56. The van der Waals surface area contributed by atoms with Gasteiger partial charge >= 0.3 is 0 Å². The minimum atomic E-state index is -0.473. The average Bonchev–Trinajstić information content (AvgIpc) is 2.43. The van der Waals surface area contributed by atoms with Gasteiger partial charge in [0.2, 0.25) is 5.91 Å². The Morgan fingerprint density at radius 1 is 1.20 bits per heavy atom. The van der Waals surface area contributed by atoms with E-state index in [2.05, 4.69) is 26.6 Å². The zero-order valence-electron chi connectivity index (χ0n) is 10.9. The first-order valence-electron chi connectivity index (χ1n) is 6.14. The fraction of sp³-hybridized carbons (Fsp3) is 0.133. The van der Waals surface area contributed by atoms with Gasteiger partial charge in [0.05, 0.1) is 5.69 Å². The van der Waals surface area contributed by atoms with Crippen LogP contribution in [0.4, 0.5) is 15.8 Å². The van der Waals surface area contributed by atoms with Crippen LogP contribution in [-0.2, 0) is 4.79 Å². The molecule has 0 spiro atoms. The van der Waals surface area contributed by atoms with Crippen molar-refractivity contribution in [3.63, 3.8) is 0 Å². The third-order valence-electron chi connectivity index (χ3n) is 2.74. The van der Waals surface area contributed by atoms with Gasteiger partial charge in [-0.3, -0.25) is 4.79 Å². The molecule has 20 heavy (non-hydrogen) atoms. The van der Waals surface area contributed by atoms with Crippen molar-refractivity contribution < 1.29 is 9.18 Å². The minimum Gasteiger partial charge on any atom is -0.374 e. The van der Waals surface area contributed by atoms with E-state index in [1.54, 1.807) is 13.0 Å².